The first-order valence-corrected chi connectivity index (χ1v) is 16.8. The molecule has 0 amide bonds. The summed E-state index contributed by atoms with van der Waals surface area (Å²) in [4.78, 5) is 8.13. The summed E-state index contributed by atoms with van der Waals surface area (Å²) >= 11 is 0. The van der Waals surface area contributed by atoms with Crippen LogP contribution >= 0.6 is 0 Å². The normalized spacial score (nSPS) is 14.2. The summed E-state index contributed by atoms with van der Waals surface area (Å²) in [6.07, 6.45) is -23.7. The highest BCUT2D eigenvalue weighted by atomic mass is 19.4. The quantitative estimate of drug-likeness (QED) is 0.163. The molecule has 0 fully saturated rings. The minimum atomic E-state index is -5.98. The lowest BCUT2D eigenvalue weighted by Crippen LogP contribution is -2.54. The van der Waals surface area contributed by atoms with E-state index in [9.17, 15) is 26.3 Å². The Balaban J connectivity index is 1.46. The lowest BCUT2D eigenvalue weighted by atomic mass is 9.72. The maximum Gasteiger partial charge on any atom is 0.411 e. The molecule has 0 aliphatic heterocycles. The van der Waals surface area contributed by atoms with Crippen LogP contribution in [0, 0.1) is 0 Å². The van der Waals surface area contributed by atoms with Gasteiger partial charge < -0.3 is 8.83 Å². The van der Waals surface area contributed by atoms with Gasteiger partial charge in [0.15, 0.2) is 11.2 Å². The van der Waals surface area contributed by atoms with Crippen molar-refractivity contribution in [1.82, 2.24) is 9.97 Å². The minimum Gasteiger partial charge on any atom is -0.440 e. The third-order valence-electron chi connectivity index (χ3n) is 9.73. The molecule has 4 nitrogen and oxygen atoms in total. The Morgan fingerprint density at radius 1 is 0.393 bits per heavy atom. The van der Waals surface area contributed by atoms with Crippen LogP contribution in [-0.4, -0.2) is 34.7 Å². The molecule has 0 unspecified atom stereocenters. The van der Waals surface area contributed by atoms with E-state index in [0.29, 0.717) is 42.0 Å². The van der Waals surface area contributed by atoms with Crippen LogP contribution in [0.15, 0.2) is 93.8 Å². The minimum absolute atomic E-state index is 0.0410. The molecule has 2 aromatic heterocycles. The maximum absolute atomic E-state index is 15.0. The standard InChI is InChI=1S/C40H32F12N2O2/c1-33(2,3)22-11-13-24(14-12-22)35(37(41,42)43,38(44,45)46)23-9-7-21(8-10-23)31-53-27-19-25(15-17-29(27)55-31)36(39(47,48)49,40(50,51)52)26-16-18-30-28(20-26)54-32(56-30)34(4,5)6/h7-20H,1-6H3. The number of halogens is 12. The number of hydrogen-bond acceptors (Lipinski definition) is 4. The van der Waals surface area contributed by atoms with Gasteiger partial charge in [-0.3, -0.25) is 0 Å². The van der Waals surface area contributed by atoms with E-state index in [1.54, 1.807) is 41.5 Å². The molecule has 298 valence electrons. The molecule has 0 radical (unpaired) electrons. The lowest BCUT2D eigenvalue weighted by Gasteiger charge is -2.38. The lowest BCUT2D eigenvalue weighted by molar-refractivity contribution is -0.290. The van der Waals surface area contributed by atoms with Gasteiger partial charge in [0.2, 0.25) is 22.6 Å². The average Bonchev–Trinajstić information content (AvgIpc) is 3.67. The number of alkyl halides is 12. The fraction of sp³-hybridized carbons (Fsp3) is 0.350. The van der Waals surface area contributed by atoms with Crippen LogP contribution in [0.5, 0.6) is 0 Å². The second-order valence-electron chi connectivity index (χ2n) is 15.5. The van der Waals surface area contributed by atoms with Gasteiger partial charge in [0.05, 0.1) is 0 Å². The van der Waals surface area contributed by atoms with Crippen LogP contribution in [0.1, 0.15) is 75.3 Å². The number of nitrogens with zero attached hydrogens (tertiary/aromatic N) is 2. The number of oxazole rings is 2. The van der Waals surface area contributed by atoms with Crippen LogP contribution in [0.2, 0.25) is 0 Å². The summed E-state index contributed by atoms with van der Waals surface area (Å²) in [5, 5.41) is 0. The summed E-state index contributed by atoms with van der Waals surface area (Å²) in [5.41, 5.74) is -16.0. The zero-order valence-electron chi connectivity index (χ0n) is 30.3. The molecule has 56 heavy (non-hydrogen) atoms. The van der Waals surface area contributed by atoms with Crippen LogP contribution in [0.4, 0.5) is 52.7 Å². The van der Waals surface area contributed by atoms with Gasteiger partial charge in [-0.2, -0.15) is 52.7 Å². The molecular weight excluding hydrogens is 768 g/mol. The number of rotatable bonds is 5. The van der Waals surface area contributed by atoms with Gasteiger partial charge in [-0.25, -0.2) is 9.97 Å². The highest BCUT2D eigenvalue weighted by Gasteiger charge is 2.73. The number of hydrogen-bond donors (Lipinski definition) is 0. The van der Waals surface area contributed by atoms with Crippen molar-refractivity contribution in [2.75, 3.05) is 0 Å². The number of fused-ring (bicyclic) bond motifs is 2. The van der Waals surface area contributed by atoms with E-state index < -0.39 is 80.0 Å². The van der Waals surface area contributed by atoms with Crippen molar-refractivity contribution in [3.63, 3.8) is 0 Å². The molecule has 6 aromatic rings. The first kappa shape index (κ1) is 40.6. The summed E-state index contributed by atoms with van der Waals surface area (Å²) in [6, 6.07) is 10.9. The topological polar surface area (TPSA) is 52.1 Å². The summed E-state index contributed by atoms with van der Waals surface area (Å²) < 4.78 is 190. The Kier molecular flexibility index (Phi) is 9.25. The summed E-state index contributed by atoms with van der Waals surface area (Å²) in [5.74, 6) is -0.415. The predicted molar refractivity (Wildman–Crippen MR) is 183 cm³/mol. The van der Waals surface area contributed by atoms with Gasteiger partial charge in [-0.1, -0.05) is 90.1 Å². The Hall–Kier alpha value is -5.02. The summed E-state index contributed by atoms with van der Waals surface area (Å²) in [6.45, 7) is 10.3. The van der Waals surface area contributed by atoms with E-state index in [1.807, 2.05) is 0 Å². The van der Waals surface area contributed by atoms with E-state index in [0.717, 1.165) is 36.4 Å². The molecule has 0 aliphatic rings. The summed E-state index contributed by atoms with van der Waals surface area (Å²) in [7, 11) is 0. The second kappa shape index (κ2) is 12.7. The number of benzene rings is 4. The van der Waals surface area contributed by atoms with Gasteiger partial charge in [0.25, 0.3) is 0 Å². The third kappa shape index (κ3) is 6.38. The molecule has 0 saturated heterocycles. The molecule has 16 heteroatoms. The van der Waals surface area contributed by atoms with Crippen molar-refractivity contribution in [1.29, 1.82) is 0 Å². The van der Waals surface area contributed by atoms with Crippen molar-refractivity contribution >= 4 is 22.2 Å². The van der Waals surface area contributed by atoms with Gasteiger partial charge in [-0.15, -0.1) is 0 Å². The smallest absolute Gasteiger partial charge is 0.411 e. The fourth-order valence-electron chi connectivity index (χ4n) is 6.81. The first-order valence-electron chi connectivity index (χ1n) is 16.8. The average molecular weight is 801 g/mol. The predicted octanol–water partition coefficient (Wildman–Crippen LogP) is 13.1. The largest absolute Gasteiger partial charge is 0.440 e. The Morgan fingerprint density at radius 3 is 1.16 bits per heavy atom. The molecule has 0 atom stereocenters. The van der Waals surface area contributed by atoms with E-state index in [1.165, 1.54) is 12.1 Å². The molecule has 0 aliphatic carbocycles. The molecule has 0 bridgehead atoms. The Labute approximate surface area is 311 Å². The molecule has 2 heterocycles. The van der Waals surface area contributed by atoms with Gasteiger partial charge in [0.1, 0.15) is 11.0 Å². The molecule has 6 rings (SSSR count). The van der Waals surface area contributed by atoms with Crippen LogP contribution in [-0.2, 0) is 21.7 Å². The zero-order valence-corrected chi connectivity index (χ0v) is 30.3. The first-order chi connectivity index (χ1) is 25.5. The van der Waals surface area contributed by atoms with Gasteiger partial charge >= 0.3 is 24.7 Å². The SMILES string of the molecule is CC(C)(C)c1ccc(C(c2ccc(-c3nc4cc(C(c5ccc6oc(C(C)(C)C)nc6c5)(C(F)(F)F)C(F)(F)F)ccc4o3)cc2)(C(F)(F)F)C(F)(F)F)cc1. The zero-order chi connectivity index (χ0) is 41.7. The van der Waals surface area contributed by atoms with Crippen molar-refractivity contribution < 1.29 is 61.5 Å². The highest BCUT2D eigenvalue weighted by Crippen LogP contribution is 2.58. The maximum atomic E-state index is 15.0. The molecule has 0 spiro atoms. The van der Waals surface area contributed by atoms with Crippen molar-refractivity contribution in [3.8, 4) is 11.5 Å². The number of aromatic nitrogens is 2. The molecule has 0 N–H and O–H groups in total. The van der Waals surface area contributed by atoms with E-state index in [-0.39, 0.29) is 28.1 Å². The van der Waals surface area contributed by atoms with Crippen LogP contribution < -0.4 is 0 Å². The highest BCUT2D eigenvalue weighted by molar-refractivity contribution is 5.79. The van der Waals surface area contributed by atoms with E-state index in [2.05, 4.69) is 9.97 Å². The van der Waals surface area contributed by atoms with Gasteiger partial charge in [0, 0.05) is 11.0 Å². The monoisotopic (exact) mass is 800 g/mol. The third-order valence-corrected chi connectivity index (χ3v) is 9.73. The fourth-order valence-corrected chi connectivity index (χ4v) is 6.81. The van der Waals surface area contributed by atoms with Crippen molar-refractivity contribution in [2.45, 2.75) is 87.9 Å². The Morgan fingerprint density at radius 2 is 0.750 bits per heavy atom. The Bertz CT molecular complexity index is 2360. The van der Waals surface area contributed by atoms with Gasteiger partial charge in [-0.05, 0) is 69.6 Å². The van der Waals surface area contributed by atoms with Crippen LogP contribution in [0.25, 0.3) is 33.7 Å². The van der Waals surface area contributed by atoms with Crippen LogP contribution in [0.3, 0.4) is 0 Å². The van der Waals surface area contributed by atoms with E-state index in [4.69, 9.17) is 8.83 Å². The molecule has 0 saturated carbocycles. The van der Waals surface area contributed by atoms with E-state index >= 15 is 26.3 Å². The van der Waals surface area contributed by atoms with Crippen molar-refractivity contribution in [2.24, 2.45) is 0 Å². The second-order valence-corrected chi connectivity index (χ2v) is 15.5. The molecule has 4 aromatic carbocycles. The van der Waals surface area contributed by atoms with Crippen molar-refractivity contribution in [3.05, 3.63) is 119 Å². The molecular formula is C40H32F12N2O2.